The summed E-state index contributed by atoms with van der Waals surface area (Å²) in [5, 5.41) is 8.78. The lowest BCUT2D eigenvalue weighted by Crippen LogP contribution is -2.48. The molecular formula is C19H26ClN5O2S. The summed E-state index contributed by atoms with van der Waals surface area (Å²) in [6, 6.07) is 6.18. The first kappa shape index (κ1) is 19.5. The van der Waals surface area contributed by atoms with Gasteiger partial charge in [-0.25, -0.2) is 4.79 Å². The predicted molar refractivity (Wildman–Crippen MR) is 112 cm³/mol. The van der Waals surface area contributed by atoms with Crippen molar-refractivity contribution in [2.45, 2.75) is 25.2 Å². The highest BCUT2D eigenvalue weighted by atomic mass is 35.5. The van der Waals surface area contributed by atoms with Crippen LogP contribution in [0.5, 0.6) is 0 Å². The summed E-state index contributed by atoms with van der Waals surface area (Å²) in [4.78, 5) is 18.7. The number of amides is 2. The maximum absolute atomic E-state index is 12.8. The minimum absolute atomic E-state index is 0.156. The minimum atomic E-state index is 0.156. The molecule has 4 heterocycles. The van der Waals surface area contributed by atoms with E-state index in [2.05, 4.69) is 16.3 Å². The van der Waals surface area contributed by atoms with Crippen molar-refractivity contribution in [3.05, 3.63) is 28.2 Å². The zero-order valence-electron chi connectivity index (χ0n) is 16.1. The van der Waals surface area contributed by atoms with E-state index in [0.29, 0.717) is 32.2 Å². The number of rotatable bonds is 3. The Morgan fingerprint density at radius 1 is 1.25 bits per heavy atom. The molecule has 0 spiro atoms. The van der Waals surface area contributed by atoms with Crippen molar-refractivity contribution in [2.75, 3.05) is 51.3 Å². The van der Waals surface area contributed by atoms with Gasteiger partial charge in [-0.2, -0.15) is 5.10 Å². The van der Waals surface area contributed by atoms with Crippen molar-refractivity contribution < 1.29 is 9.53 Å². The SMILES string of the molecule is CN(c1cc(C2CCCN(C(=O)N3CCOCC3)CC2)[nH]n1)c1ccc(Cl)s1. The molecule has 2 fully saturated rings. The Labute approximate surface area is 174 Å². The number of morpholine rings is 1. The lowest BCUT2D eigenvalue weighted by molar-refractivity contribution is 0.0435. The van der Waals surface area contributed by atoms with Gasteiger partial charge in [0.15, 0.2) is 5.82 Å². The number of carbonyl (C=O) groups is 1. The van der Waals surface area contributed by atoms with E-state index in [1.54, 1.807) is 0 Å². The third-order valence-corrected chi connectivity index (χ3v) is 6.85. The number of ether oxygens (including phenoxy) is 1. The lowest BCUT2D eigenvalue weighted by Gasteiger charge is -2.32. The highest BCUT2D eigenvalue weighted by molar-refractivity contribution is 7.20. The average molecular weight is 424 g/mol. The maximum atomic E-state index is 12.8. The van der Waals surface area contributed by atoms with Crippen LogP contribution in [0.15, 0.2) is 18.2 Å². The highest BCUT2D eigenvalue weighted by Gasteiger charge is 2.27. The molecule has 2 amide bonds. The van der Waals surface area contributed by atoms with Crippen LogP contribution in [0.25, 0.3) is 0 Å². The number of nitrogens with zero attached hydrogens (tertiary/aromatic N) is 4. The fourth-order valence-corrected chi connectivity index (χ4v) is 4.86. The fourth-order valence-electron chi connectivity index (χ4n) is 3.86. The van der Waals surface area contributed by atoms with Crippen molar-refractivity contribution in [1.29, 1.82) is 0 Å². The Kier molecular flexibility index (Phi) is 6.08. The van der Waals surface area contributed by atoms with E-state index in [-0.39, 0.29) is 6.03 Å². The molecule has 28 heavy (non-hydrogen) atoms. The van der Waals surface area contributed by atoms with Crippen LogP contribution in [0.3, 0.4) is 0 Å². The molecule has 1 unspecified atom stereocenters. The van der Waals surface area contributed by atoms with Crippen molar-refractivity contribution in [1.82, 2.24) is 20.0 Å². The normalized spacial score (nSPS) is 20.9. The van der Waals surface area contributed by atoms with Gasteiger partial charge in [0.2, 0.25) is 0 Å². The third kappa shape index (κ3) is 4.29. The van der Waals surface area contributed by atoms with E-state index >= 15 is 0 Å². The molecule has 2 aliphatic rings. The summed E-state index contributed by atoms with van der Waals surface area (Å²) in [7, 11) is 2.00. The van der Waals surface area contributed by atoms with Crippen LogP contribution in [0.1, 0.15) is 30.9 Å². The van der Waals surface area contributed by atoms with Crippen LogP contribution in [-0.2, 0) is 4.74 Å². The zero-order chi connectivity index (χ0) is 19.5. The van der Waals surface area contributed by atoms with Gasteiger partial charge < -0.3 is 19.4 Å². The van der Waals surface area contributed by atoms with E-state index < -0.39 is 0 Å². The monoisotopic (exact) mass is 423 g/mol. The van der Waals surface area contributed by atoms with Crippen LogP contribution < -0.4 is 4.90 Å². The molecule has 0 aliphatic carbocycles. The largest absolute Gasteiger partial charge is 0.378 e. The van der Waals surface area contributed by atoms with Crippen LogP contribution in [0, 0.1) is 0 Å². The number of carbonyl (C=O) groups excluding carboxylic acids is 1. The highest BCUT2D eigenvalue weighted by Crippen LogP contribution is 2.34. The number of urea groups is 1. The molecule has 0 bridgehead atoms. The summed E-state index contributed by atoms with van der Waals surface area (Å²) in [5.41, 5.74) is 1.14. The second-order valence-corrected chi connectivity index (χ2v) is 9.01. The number of hydrogen-bond acceptors (Lipinski definition) is 5. The lowest BCUT2D eigenvalue weighted by atomic mass is 9.97. The van der Waals surface area contributed by atoms with Gasteiger partial charge in [0.05, 0.1) is 22.6 Å². The van der Waals surface area contributed by atoms with Gasteiger partial charge in [0.25, 0.3) is 0 Å². The maximum Gasteiger partial charge on any atom is 0.320 e. The van der Waals surface area contributed by atoms with Crippen molar-refractivity contribution >= 4 is 39.8 Å². The van der Waals surface area contributed by atoms with Gasteiger partial charge in [-0.3, -0.25) is 5.10 Å². The molecule has 4 rings (SSSR count). The number of anilines is 2. The molecule has 9 heteroatoms. The summed E-state index contributed by atoms with van der Waals surface area (Å²) in [6.45, 7) is 4.28. The smallest absolute Gasteiger partial charge is 0.320 e. The Bertz CT molecular complexity index is 804. The summed E-state index contributed by atoms with van der Waals surface area (Å²) in [6.07, 6.45) is 3.01. The molecule has 2 saturated heterocycles. The van der Waals surface area contributed by atoms with Gasteiger partial charge >= 0.3 is 6.03 Å². The quantitative estimate of drug-likeness (QED) is 0.812. The fraction of sp³-hybridized carbons (Fsp3) is 0.579. The number of H-pyrrole nitrogens is 1. The first-order valence-electron chi connectivity index (χ1n) is 9.78. The van der Waals surface area contributed by atoms with Gasteiger partial charge in [0.1, 0.15) is 0 Å². The number of halogens is 1. The number of hydrogen-bond donors (Lipinski definition) is 1. The number of thiophene rings is 1. The van der Waals surface area contributed by atoms with Crippen LogP contribution in [0.4, 0.5) is 15.6 Å². The number of nitrogens with one attached hydrogen (secondary N) is 1. The van der Waals surface area contributed by atoms with Crippen LogP contribution in [-0.4, -0.2) is 72.5 Å². The van der Waals surface area contributed by atoms with E-state index in [1.165, 1.54) is 11.3 Å². The van der Waals surface area contributed by atoms with Gasteiger partial charge in [-0.1, -0.05) is 11.6 Å². The minimum Gasteiger partial charge on any atom is -0.378 e. The van der Waals surface area contributed by atoms with E-state index in [0.717, 1.165) is 53.2 Å². The standard InChI is InChI=1S/C19H26ClN5O2S/c1-23(18-5-4-16(20)28-18)17-13-15(21-22-17)14-3-2-7-24(8-6-14)19(26)25-9-11-27-12-10-25/h4-5,13-14H,2-3,6-12H2,1H3,(H,21,22). The van der Waals surface area contributed by atoms with Crippen LogP contribution >= 0.6 is 22.9 Å². The molecule has 0 radical (unpaired) electrons. The second kappa shape index (κ2) is 8.71. The molecule has 7 nitrogen and oxygen atoms in total. The van der Waals surface area contributed by atoms with Gasteiger partial charge in [0, 0.05) is 50.9 Å². The van der Waals surface area contributed by atoms with Crippen LogP contribution in [0.2, 0.25) is 4.34 Å². The predicted octanol–water partition coefficient (Wildman–Crippen LogP) is 3.91. The van der Waals surface area contributed by atoms with Gasteiger partial charge in [-0.15, -0.1) is 11.3 Å². The summed E-state index contributed by atoms with van der Waals surface area (Å²) in [5.74, 6) is 1.28. The third-order valence-electron chi connectivity index (χ3n) is 5.54. The first-order chi connectivity index (χ1) is 13.6. The molecule has 0 aromatic carbocycles. The Morgan fingerprint density at radius 2 is 2.04 bits per heavy atom. The molecule has 1 N–H and O–H groups in total. The molecule has 2 aliphatic heterocycles. The Morgan fingerprint density at radius 3 is 2.79 bits per heavy atom. The second-order valence-electron chi connectivity index (χ2n) is 7.32. The van der Waals surface area contributed by atoms with Crippen molar-refractivity contribution in [2.24, 2.45) is 0 Å². The van der Waals surface area contributed by atoms with E-state index in [1.807, 2.05) is 33.9 Å². The first-order valence-corrected chi connectivity index (χ1v) is 11.0. The summed E-state index contributed by atoms with van der Waals surface area (Å²) >= 11 is 7.59. The molecule has 2 aromatic heterocycles. The topological polar surface area (TPSA) is 64.7 Å². The number of aromatic nitrogens is 2. The molecular weight excluding hydrogens is 398 g/mol. The molecule has 0 saturated carbocycles. The van der Waals surface area contributed by atoms with E-state index in [9.17, 15) is 4.79 Å². The van der Waals surface area contributed by atoms with Crippen molar-refractivity contribution in [3.8, 4) is 0 Å². The van der Waals surface area contributed by atoms with E-state index in [4.69, 9.17) is 16.3 Å². The molecule has 152 valence electrons. The molecule has 1 atom stereocenters. The number of aromatic amines is 1. The van der Waals surface area contributed by atoms with Gasteiger partial charge in [-0.05, 0) is 31.4 Å². The summed E-state index contributed by atoms with van der Waals surface area (Å²) < 4.78 is 6.13. The van der Waals surface area contributed by atoms with Crippen molar-refractivity contribution in [3.63, 3.8) is 0 Å². The Balaban J connectivity index is 1.38. The average Bonchev–Trinajstić information content (AvgIpc) is 3.31. The zero-order valence-corrected chi connectivity index (χ0v) is 17.6. The Hall–Kier alpha value is -1.77. The molecule has 2 aromatic rings. The number of likely N-dealkylation sites (tertiary alicyclic amines) is 1.